The van der Waals surface area contributed by atoms with Crippen LogP contribution >= 0.6 is 0 Å². The molecule has 1 N–H and O–H groups in total. The summed E-state index contributed by atoms with van der Waals surface area (Å²) in [6.45, 7) is 5.64. The first kappa shape index (κ1) is 20.5. The van der Waals surface area contributed by atoms with E-state index in [1.54, 1.807) is 50.4 Å². The van der Waals surface area contributed by atoms with E-state index in [2.05, 4.69) is 0 Å². The number of carbonyl (C=O) groups is 2. The normalized spacial score (nSPS) is 17.9. The highest BCUT2D eigenvalue weighted by Crippen LogP contribution is 2.43. The number of furan rings is 1. The van der Waals surface area contributed by atoms with Crippen LogP contribution in [0.15, 0.2) is 64.6 Å². The maximum Gasteiger partial charge on any atom is 0.300 e. The van der Waals surface area contributed by atoms with E-state index in [9.17, 15) is 14.7 Å². The van der Waals surface area contributed by atoms with Crippen LogP contribution in [-0.2, 0) is 9.59 Å². The topological polar surface area (TPSA) is 80.0 Å². The highest BCUT2D eigenvalue weighted by atomic mass is 16.5. The third kappa shape index (κ3) is 3.61. The minimum absolute atomic E-state index is 0.0105. The van der Waals surface area contributed by atoms with Crippen molar-refractivity contribution in [3.8, 4) is 5.75 Å². The molecule has 1 saturated heterocycles. The fourth-order valence-electron chi connectivity index (χ4n) is 3.96. The van der Waals surface area contributed by atoms with Gasteiger partial charge in [0.1, 0.15) is 29.1 Å². The average Bonchev–Trinajstić information content (AvgIpc) is 3.28. The summed E-state index contributed by atoms with van der Waals surface area (Å²) in [5, 5.41) is 11.1. The Morgan fingerprint density at radius 3 is 2.16 bits per heavy atom. The molecule has 0 saturated carbocycles. The van der Waals surface area contributed by atoms with Crippen LogP contribution in [0.1, 0.15) is 34.3 Å². The highest BCUT2D eigenvalue weighted by Gasteiger charge is 2.48. The molecule has 1 aliphatic rings. The second-order valence-electron chi connectivity index (χ2n) is 7.69. The van der Waals surface area contributed by atoms with Crippen LogP contribution in [0, 0.1) is 20.8 Å². The number of Topliss-reactive ketones (excluding diaryl/α,β-unsaturated/α-hetero) is 1. The van der Waals surface area contributed by atoms with Gasteiger partial charge in [0.05, 0.1) is 12.7 Å². The van der Waals surface area contributed by atoms with Gasteiger partial charge in [-0.25, -0.2) is 0 Å². The molecule has 2 heterocycles. The third-order valence-corrected chi connectivity index (χ3v) is 5.32. The van der Waals surface area contributed by atoms with Crippen molar-refractivity contribution in [3.63, 3.8) is 0 Å². The fraction of sp³-hybridized carbons (Fsp3) is 0.200. The van der Waals surface area contributed by atoms with Crippen molar-refractivity contribution < 1.29 is 23.8 Å². The first-order valence-electron chi connectivity index (χ1n) is 9.90. The van der Waals surface area contributed by atoms with Gasteiger partial charge in [0.15, 0.2) is 0 Å². The van der Waals surface area contributed by atoms with Gasteiger partial charge in [-0.05, 0) is 80.4 Å². The number of anilines is 1. The quantitative estimate of drug-likeness (QED) is 0.373. The van der Waals surface area contributed by atoms with Gasteiger partial charge in [-0.1, -0.05) is 6.07 Å². The van der Waals surface area contributed by atoms with Crippen LogP contribution in [0.3, 0.4) is 0 Å². The number of hydrogen-bond acceptors (Lipinski definition) is 5. The van der Waals surface area contributed by atoms with Crippen molar-refractivity contribution in [1.82, 2.24) is 0 Å². The molecule has 1 aliphatic heterocycles. The molecule has 1 amide bonds. The van der Waals surface area contributed by atoms with E-state index >= 15 is 0 Å². The molecule has 3 aromatic rings. The van der Waals surface area contributed by atoms with Crippen LogP contribution in [0.5, 0.6) is 5.75 Å². The molecule has 1 atom stereocenters. The van der Waals surface area contributed by atoms with E-state index in [-0.39, 0.29) is 11.3 Å². The zero-order valence-electron chi connectivity index (χ0n) is 17.8. The summed E-state index contributed by atoms with van der Waals surface area (Å²) < 4.78 is 11.0. The lowest BCUT2D eigenvalue weighted by molar-refractivity contribution is -0.132. The van der Waals surface area contributed by atoms with Gasteiger partial charge in [0.2, 0.25) is 0 Å². The van der Waals surface area contributed by atoms with Crippen molar-refractivity contribution in [2.24, 2.45) is 0 Å². The Labute approximate surface area is 180 Å². The number of aliphatic hydroxyl groups excluding tert-OH is 1. The van der Waals surface area contributed by atoms with E-state index in [0.29, 0.717) is 28.5 Å². The number of ketones is 1. The maximum absolute atomic E-state index is 13.1. The van der Waals surface area contributed by atoms with Gasteiger partial charge < -0.3 is 14.3 Å². The second-order valence-corrected chi connectivity index (χ2v) is 7.69. The summed E-state index contributed by atoms with van der Waals surface area (Å²) in [7, 11) is 1.55. The van der Waals surface area contributed by atoms with Crippen LogP contribution in [0.25, 0.3) is 5.76 Å². The van der Waals surface area contributed by atoms with E-state index in [4.69, 9.17) is 9.15 Å². The fourth-order valence-corrected chi connectivity index (χ4v) is 3.96. The number of nitrogens with zero attached hydrogens (tertiary/aromatic N) is 1. The maximum atomic E-state index is 13.1. The first-order valence-corrected chi connectivity index (χ1v) is 9.90. The number of hydrogen-bond donors (Lipinski definition) is 1. The molecule has 6 nitrogen and oxygen atoms in total. The largest absolute Gasteiger partial charge is 0.507 e. The van der Waals surface area contributed by atoms with E-state index in [0.717, 1.165) is 11.1 Å². The molecule has 0 aliphatic carbocycles. The number of aryl methyl sites for hydroxylation is 3. The van der Waals surface area contributed by atoms with Gasteiger partial charge in [-0.15, -0.1) is 0 Å². The van der Waals surface area contributed by atoms with Crippen LogP contribution in [0.2, 0.25) is 0 Å². The number of amides is 1. The Kier molecular flexibility index (Phi) is 5.15. The molecular formula is C25H23NO5. The Morgan fingerprint density at radius 1 is 0.968 bits per heavy atom. The molecule has 0 spiro atoms. The van der Waals surface area contributed by atoms with Gasteiger partial charge in [-0.3, -0.25) is 14.5 Å². The smallest absolute Gasteiger partial charge is 0.300 e. The highest BCUT2D eigenvalue weighted by molar-refractivity contribution is 6.51. The number of ether oxygens (including phenoxy) is 1. The van der Waals surface area contributed by atoms with Gasteiger partial charge >= 0.3 is 0 Å². The second kappa shape index (κ2) is 7.80. The number of carbonyl (C=O) groups excluding carboxylic acids is 2. The first-order chi connectivity index (χ1) is 14.8. The lowest BCUT2D eigenvalue weighted by Crippen LogP contribution is -2.29. The van der Waals surface area contributed by atoms with Gasteiger partial charge in [0, 0.05) is 11.3 Å². The Balaban J connectivity index is 1.93. The number of rotatable bonds is 4. The SMILES string of the molecule is COc1ccc(/C(O)=C2/C(=O)C(=O)N(c3cc(C)cc(C)c3)C2c2ccc(C)o2)cc1. The van der Waals surface area contributed by atoms with Crippen molar-refractivity contribution in [3.05, 3.63) is 88.4 Å². The van der Waals surface area contributed by atoms with E-state index < -0.39 is 17.7 Å². The van der Waals surface area contributed by atoms with Crippen molar-refractivity contribution in [2.75, 3.05) is 12.0 Å². The molecule has 1 aromatic heterocycles. The predicted octanol–water partition coefficient (Wildman–Crippen LogP) is 4.84. The number of methoxy groups -OCH3 is 1. The zero-order chi connectivity index (χ0) is 22.3. The molecule has 31 heavy (non-hydrogen) atoms. The van der Waals surface area contributed by atoms with E-state index in [1.807, 2.05) is 32.0 Å². The predicted molar refractivity (Wildman–Crippen MR) is 117 cm³/mol. The summed E-state index contributed by atoms with van der Waals surface area (Å²) in [4.78, 5) is 27.6. The Hall–Kier alpha value is -3.80. The lowest BCUT2D eigenvalue weighted by atomic mass is 9.99. The standard InChI is InChI=1S/C25H23NO5/c1-14-11-15(2)13-18(12-14)26-22(20-10-5-16(3)31-20)21(24(28)25(26)29)23(27)17-6-8-19(30-4)9-7-17/h5-13,22,27H,1-4H3/b23-21-. The van der Waals surface area contributed by atoms with E-state index in [1.165, 1.54) is 4.90 Å². The summed E-state index contributed by atoms with van der Waals surface area (Å²) >= 11 is 0. The van der Waals surface area contributed by atoms with Gasteiger partial charge in [-0.2, -0.15) is 0 Å². The minimum Gasteiger partial charge on any atom is -0.507 e. The van der Waals surface area contributed by atoms with Crippen LogP contribution in [0.4, 0.5) is 5.69 Å². The number of aliphatic hydroxyl groups is 1. The monoisotopic (exact) mass is 417 g/mol. The summed E-state index contributed by atoms with van der Waals surface area (Å²) in [5.74, 6) is -0.0561. The van der Waals surface area contributed by atoms with Crippen molar-refractivity contribution in [2.45, 2.75) is 26.8 Å². The van der Waals surface area contributed by atoms with Gasteiger partial charge in [0.25, 0.3) is 11.7 Å². The zero-order valence-corrected chi connectivity index (χ0v) is 17.8. The number of benzene rings is 2. The van der Waals surface area contributed by atoms with Crippen molar-refractivity contribution in [1.29, 1.82) is 0 Å². The molecule has 4 rings (SSSR count). The lowest BCUT2D eigenvalue weighted by Gasteiger charge is -2.24. The third-order valence-electron chi connectivity index (χ3n) is 5.32. The average molecular weight is 417 g/mol. The molecule has 0 radical (unpaired) electrons. The minimum atomic E-state index is -0.878. The molecule has 6 heteroatoms. The molecule has 0 bridgehead atoms. The van der Waals surface area contributed by atoms with Crippen LogP contribution in [-0.4, -0.2) is 23.9 Å². The summed E-state index contributed by atoms with van der Waals surface area (Å²) in [6, 6.07) is 14.9. The summed E-state index contributed by atoms with van der Waals surface area (Å²) in [5.41, 5.74) is 2.89. The Morgan fingerprint density at radius 2 is 1.61 bits per heavy atom. The molecule has 1 fully saturated rings. The van der Waals surface area contributed by atoms with Crippen molar-refractivity contribution >= 4 is 23.1 Å². The summed E-state index contributed by atoms with van der Waals surface area (Å²) in [6.07, 6.45) is 0. The van der Waals surface area contributed by atoms with Crippen LogP contribution < -0.4 is 9.64 Å². The molecule has 1 unspecified atom stereocenters. The Bertz CT molecular complexity index is 1180. The molecule has 2 aromatic carbocycles. The molecular weight excluding hydrogens is 394 g/mol. The molecule has 158 valence electrons.